The number of methoxy groups -OCH3 is 1. The average molecular weight is 445 g/mol. The highest BCUT2D eigenvalue weighted by atomic mass is 35.5. The van der Waals surface area contributed by atoms with Crippen molar-refractivity contribution in [1.29, 1.82) is 0 Å². The van der Waals surface area contributed by atoms with Gasteiger partial charge < -0.3 is 25.2 Å². The molecule has 0 spiro atoms. The number of nitrogens with one attached hydrogen (secondary N) is 1. The van der Waals surface area contributed by atoms with Gasteiger partial charge in [0.15, 0.2) is 0 Å². The highest BCUT2D eigenvalue weighted by Gasteiger charge is 2.45. The maximum absolute atomic E-state index is 12.9. The predicted molar refractivity (Wildman–Crippen MR) is 118 cm³/mol. The molecule has 0 bridgehead atoms. The Morgan fingerprint density at radius 2 is 1.77 bits per heavy atom. The summed E-state index contributed by atoms with van der Waals surface area (Å²) in [4.78, 5) is 27.3. The molecule has 1 saturated heterocycles. The van der Waals surface area contributed by atoms with Crippen LogP contribution in [0.3, 0.4) is 0 Å². The highest BCUT2D eigenvalue weighted by Crippen LogP contribution is 2.39. The monoisotopic (exact) mass is 444 g/mol. The Morgan fingerprint density at radius 3 is 2.39 bits per heavy atom. The molecule has 0 aliphatic carbocycles. The van der Waals surface area contributed by atoms with Crippen molar-refractivity contribution in [2.45, 2.75) is 12.5 Å². The molecule has 1 heterocycles. The number of likely N-dealkylation sites (tertiary alicyclic amines) is 1. The summed E-state index contributed by atoms with van der Waals surface area (Å²) < 4.78 is 5.21. The van der Waals surface area contributed by atoms with E-state index in [4.69, 9.17) is 21.4 Å². The van der Waals surface area contributed by atoms with Gasteiger partial charge in [-0.25, -0.2) is 0 Å². The van der Waals surface area contributed by atoms with E-state index in [0.717, 1.165) is 0 Å². The number of nitrogens with zero attached hydrogens (tertiary/aromatic N) is 1. The average Bonchev–Trinajstić information content (AvgIpc) is 3.04. The minimum atomic E-state index is -0.725. The number of hydrogen-bond donors (Lipinski definition) is 3. The van der Waals surface area contributed by atoms with Crippen molar-refractivity contribution < 1.29 is 24.5 Å². The highest BCUT2D eigenvalue weighted by molar-refractivity contribution is 6.46. The van der Waals surface area contributed by atoms with Crippen molar-refractivity contribution in [3.8, 4) is 5.75 Å². The van der Waals surface area contributed by atoms with Crippen LogP contribution in [0.15, 0.2) is 54.1 Å². The number of halogens is 1. The third-order valence-electron chi connectivity index (χ3n) is 5.13. The van der Waals surface area contributed by atoms with Gasteiger partial charge in [0.1, 0.15) is 11.5 Å². The molecule has 0 saturated carbocycles. The van der Waals surface area contributed by atoms with Crippen molar-refractivity contribution in [2.75, 3.05) is 33.4 Å². The number of aliphatic hydroxyl groups is 2. The molecule has 2 aromatic rings. The number of rotatable bonds is 9. The molecule has 164 valence electrons. The van der Waals surface area contributed by atoms with E-state index < -0.39 is 17.7 Å². The van der Waals surface area contributed by atoms with Gasteiger partial charge in [0.05, 0.1) is 25.3 Å². The number of ketones is 1. The fourth-order valence-corrected chi connectivity index (χ4v) is 3.71. The molecule has 0 aromatic heterocycles. The minimum Gasteiger partial charge on any atom is -0.507 e. The Labute approximate surface area is 185 Å². The van der Waals surface area contributed by atoms with E-state index in [-0.39, 0.29) is 17.9 Å². The Kier molecular flexibility index (Phi) is 7.68. The number of hydrogen-bond acceptors (Lipinski definition) is 6. The predicted octanol–water partition coefficient (Wildman–Crippen LogP) is 2.74. The summed E-state index contributed by atoms with van der Waals surface area (Å²) in [5.41, 5.74) is 1.14. The molecule has 1 aliphatic rings. The molecule has 3 N–H and O–H groups in total. The lowest BCUT2D eigenvalue weighted by molar-refractivity contribution is -0.139. The molecule has 8 heteroatoms. The van der Waals surface area contributed by atoms with Crippen LogP contribution in [0.1, 0.15) is 23.6 Å². The quantitative estimate of drug-likeness (QED) is 0.238. The lowest BCUT2D eigenvalue weighted by Crippen LogP contribution is -2.32. The first-order valence-corrected chi connectivity index (χ1v) is 10.4. The minimum absolute atomic E-state index is 0.0253. The zero-order valence-corrected chi connectivity index (χ0v) is 17.9. The van der Waals surface area contributed by atoms with Crippen molar-refractivity contribution in [1.82, 2.24) is 10.2 Å². The largest absolute Gasteiger partial charge is 0.507 e. The molecule has 2 aromatic carbocycles. The maximum Gasteiger partial charge on any atom is 0.295 e. The second-order valence-corrected chi connectivity index (χ2v) is 7.54. The van der Waals surface area contributed by atoms with Crippen LogP contribution in [0, 0.1) is 0 Å². The van der Waals surface area contributed by atoms with Gasteiger partial charge in [-0.15, -0.1) is 0 Å². The lowest BCUT2D eigenvalue weighted by atomic mass is 9.95. The van der Waals surface area contributed by atoms with E-state index in [9.17, 15) is 14.7 Å². The van der Waals surface area contributed by atoms with Gasteiger partial charge in [-0.05, 0) is 54.9 Å². The standard InChI is InChI=1S/C23H25ClN2O5/c1-31-18-9-5-15(6-10-18)20-19(21(28)16-3-7-17(24)8-4-16)22(29)23(30)26(20)13-2-11-25-12-14-27/h3-10,20,25,27-28H,2,11-14H2,1H3. The first-order valence-electron chi connectivity index (χ1n) is 9.97. The Bertz CT molecular complexity index is 957. The second kappa shape index (κ2) is 10.4. The number of Topliss-reactive ketones (excluding diaryl/α,β-unsaturated/α-hetero) is 1. The van der Waals surface area contributed by atoms with E-state index in [1.807, 2.05) is 0 Å². The summed E-state index contributed by atoms with van der Waals surface area (Å²) in [5, 5.41) is 23.4. The fourth-order valence-electron chi connectivity index (χ4n) is 3.59. The smallest absolute Gasteiger partial charge is 0.295 e. The molecular formula is C23H25ClN2O5. The van der Waals surface area contributed by atoms with E-state index in [1.165, 1.54) is 4.90 Å². The second-order valence-electron chi connectivity index (χ2n) is 7.10. The van der Waals surface area contributed by atoms with Crippen LogP contribution in [-0.2, 0) is 9.59 Å². The first kappa shape index (κ1) is 22.8. The summed E-state index contributed by atoms with van der Waals surface area (Å²) in [6.07, 6.45) is 0.584. The zero-order valence-electron chi connectivity index (χ0n) is 17.2. The van der Waals surface area contributed by atoms with Crippen LogP contribution < -0.4 is 10.1 Å². The van der Waals surface area contributed by atoms with Gasteiger partial charge in [0, 0.05) is 23.7 Å². The molecule has 1 amide bonds. The summed E-state index contributed by atoms with van der Waals surface area (Å²) in [6, 6.07) is 12.8. The normalized spacial score (nSPS) is 17.9. The van der Waals surface area contributed by atoms with E-state index in [0.29, 0.717) is 48.0 Å². The van der Waals surface area contributed by atoms with Crippen LogP contribution in [0.25, 0.3) is 5.76 Å². The van der Waals surface area contributed by atoms with Crippen LogP contribution >= 0.6 is 11.6 Å². The van der Waals surface area contributed by atoms with E-state index in [2.05, 4.69) is 5.32 Å². The van der Waals surface area contributed by atoms with Gasteiger partial charge in [-0.1, -0.05) is 23.7 Å². The molecule has 0 radical (unpaired) electrons. The van der Waals surface area contributed by atoms with Gasteiger partial charge in [0.2, 0.25) is 0 Å². The van der Waals surface area contributed by atoms with E-state index >= 15 is 0 Å². The number of benzene rings is 2. The van der Waals surface area contributed by atoms with Gasteiger partial charge in [-0.3, -0.25) is 9.59 Å². The third kappa shape index (κ3) is 5.07. The third-order valence-corrected chi connectivity index (χ3v) is 5.38. The molecule has 3 rings (SSSR count). The summed E-state index contributed by atoms with van der Waals surface area (Å²) >= 11 is 5.94. The van der Waals surface area contributed by atoms with Crippen LogP contribution in [0.2, 0.25) is 5.02 Å². The number of carbonyl (C=O) groups is 2. The van der Waals surface area contributed by atoms with Crippen LogP contribution in [-0.4, -0.2) is 60.2 Å². The molecule has 7 nitrogen and oxygen atoms in total. The summed E-state index contributed by atoms with van der Waals surface area (Å²) in [7, 11) is 1.56. The number of ether oxygens (including phenoxy) is 1. The molecule has 1 fully saturated rings. The summed E-state index contributed by atoms with van der Waals surface area (Å²) in [6.45, 7) is 1.38. The SMILES string of the molecule is COc1ccc(C2C(=C(O)c3ccc(Cl)cc3)C(=O)C(=O)N2CCCNCCO)cc1. The number of amides is 1. The molecule has 31 heavy (non-hydrogen) atoms. The number of aliphatic hydroxyl groups excluding tert-OH is 2. The van der Waals surface area contributed by atoms with Crippen molar-refractivity contribution in [3.63, 3.8) is 0 Å². The number of carbonyl (C=O) groups excluding carboxylic acids is 2. The van der Waals surface area contributed by atoms with Crippen molar-refractivity contribution >= 4 is 29.1 Å². The van der Waals surface area contributed by atoms with Gasteiger partial charge >= 0.3 is 0 Å². The Balaban J connectivity index is 2.00. The Hall–Kier alpha value is -2.87. The topological polar surface area (TPSA) is 99.1 Å². The first-order chi connectivity index (χ1) is 15.0. The molecular weight excluding hydrogens is 420 g/mol. The van der Waals surface area contributed by atoms with Crippen molar-refractivity contribution in [3.05, 3.63) is 70.3 Å². The molecule has 1 atom stereocenters. The molecule has 1 unspecified atom stereocenters. The van der Waals surface area contributed by atoms with Crippen molar-refractivity contribution in [2.24, 2.45) is 0 Å². The zero-order chi connectivity index (χ0) is 22.4. The fraction of sp³-hybridized carbons (Fsp3) is 0.304. The van der Waals surface area contributed by atoms with Gasteiger partial charge in [0.25, 0.3) is 11.7 Å². The Morgan fingerprint density at radius 1 is 1.10 bits per heavy atom. The molecule has 1 aliphatic heterocycles. The summed E-state index contributed by atoms with van der Waals surface area (Å²) in [5.74, 6) is -0.974. The lowest BCUT2D eigenvalue weighted by Gasteiger charge is -2.25. The van der Waals surface area contributed by atoms with Crippen LogP contribution in [0.4, 0.5) is 0 Å². The van der Waals surface area contributed by atoms with E-state index in [1.54, 1.807) is 55.6 Å². The van der Waals surface area contributed by atoms with Gasteiger partial charge in [-0.2, -0.15) is 0 Å². The maximum atomic E-state index is 12.9. The van der Waals surface area contributed by atoms with Crippen LogP contribution in [0.5, 0.6) is 5.75 Å².